The highest BCUT2D eigenvalue weighted by Gasteiger charge is 2.27. The van der Waals surface area contributed by atoms with E-state index in [1.807, 2.05) is 0 Å². The number of rotatable bonds is 2. The smallest absolute Gasteiger partial charge is 0.177 e. The number of aromatic nitrogens is 2. The fourth-order valence-corrected chi connectivity index (χ4v) is 2.17. The molecule has 0 radical (unpaired) electrons. The van der Waals surface area contributed by atoms with E-state index >= 15 is 0 Å². The second-order valence-electron chi connectivity index (χ2n) is 4.36. The van der Waals surface area contributed by atoms with Crippen LogP contribution in [0.15, 0.2) is 12.3 Å². The van der Waals surface area contributed by atoms with Crippen LogP contribution in [0.25, 0.3) is 11.1 Å². The average Bonchev–Trinajstić information content (AvgIpc) is 2.78. The van der Waals surface area contributed by atoms with E-state index in [1.165, 1.54) is 24.1 Å². The summed E-state index contributed by atoms with van der Waals surface area (Å²) in [5, 5.41) is 4.03. The van der Waals surface area contributed by atoms with E-state index in [4.69, 9.17) is 19.9 Å². The van der Waals surface area contributed by atoms with Crippen molar-refractivity contribution in [3.05, 3.63) is 18.1 Å². The molecule has 1 aromatic heterocycles. The van der Waals surface area contributed by atoms with Gasteiger partial charge in [0, 0.05) is 13.1 Å². The first-order valence-electron chi connectivity index (χ1n) is 6.07. The molecule has 0 aliphatic carbocycles. The summed E-state index contributed by atoms with van der Waals surface area (Å²) in [6.45, 7) is 0.760. The minimum atomic E-state index is -0.545. The van der Waals surface area contributed by atoms with Crippen molar-refractivity contribution < 1.29 is 18.6 Å². The van der Waals surface area contributed by atoms with Crippen LogP contribution in [0, 0.1) is 5.82 Å². The van der Waals surface area contributed by atoms with Crippen molar-refractivity contribution in [1.82, 2.24) is 9.78 Å². The Labute approximate surface area is 114 Å². The molecule has 0 unspecified atom stereocenters. The van der Waals surface area contributed by atoms with E-state index < -0.39 is 5.82 Å². The molecular formula is C13H14FN3O3. The molecule has 1 aliphatic rings. The Kier molecular flexibility index (Phi) is 2.89. The van der Waals surface area contributed by atoms with E-state index in [0.29, 0.717) is 36.1 Å². The molecule has 2 heterocycles. The van der Waals surface area contributed by atoms with Crippen LogP contribution in [0.5, 0.6) is 17.2 Å². The number of halogens is 1. The van der Waals surface area contributed by atoms with E-state index in [2.05, 4.69) is 5.10 Å². The number of hydrogen-bond acceptors (Lipinski definition) is 5. The number of ether oxygens (including phenoxy) is 3. The van der Waals surface area contributed by atoms with Gasteiger partial charge in [0.2, 0.25) is 0 Å². The van der Waals surface area contributed by atoms with Crippen LogP contribution in [0.1, 0.15) is 0 Å². The van der Waals surface area contributed by atoms with Gasteiger partial charge in [0.1, 0.15) is 19.0 Å². The van der Waals surface area contributed by atoms with Gasteiger partial charge in [-0.2, -0.15) is 5.10 Å². The predicted molar refractivity (Wildman–Crippen MR) is 70.6 cm³/mol. The zero-order valence-corrected chi connectivity index (χ0v) is 11.1. The first kappa shape index (κ1) is 12.6. The lowest BCUT2D eigenvalue weighted by Gasteiger charge is -2.22. The first-order chi connectivity index (χ1) is 9.63. The molecule has 0 atom stereocenters. The number of nitrogens with two attached hydrogens (primary N) is 1. The average molecular weight is 279 g/mol. The Morgan fingerprint density at radius 3 is 2.80 bits per heavy atom. The Morgan fingerprint density at radius 1 is 1.40 bits per heavy atom. The quantitative estimate of drug-likeness (QED) is 0.903. The van der Waals surface area contributed by atoms with Crippen LogP contribution in [-0.4, -0.2) is 30.1 Å². The number of fused-ring (bicyclic) bond motifs is 1. The molecule has 106 valence electrons. The molecule has 0 spiro atoms. The van der Waals surface area contributed by atoms with Crippen LogP contribution < -0.4 is 19.9 Å². The summed E-state index contributed by atoms with van der Waals surface area (Å²) in [4.78, 5) is 0. The topological polar surface area (TPSA) is 71.5 Å². The second kappa shape index (κ2) is 4.59. The van der Waals surface area contributed by atoms with E-state index in [-0.39, 0.29) is 11.3 Å². The fraction of sp³-hybridized carbons (Fsp3) is 0.308. The molecule has 3 rings (SSSR count). The van der Waals surface area contributed by atoms with Gasteiger partial charge in [-0.05, 0) is 0 Å². The third-order valence-electron chi connectivity index (χ3n) is 3.21. The number of nitrogen functional groups attached to an aromatic ring is 1. The van der Waals surface area contributed by atoms with Crippen molar-refractivity contribution in [1.29, 1.82) is 0 Å². The number of methoxy groups -OCH3 is 1. The van der Waals surface area contributed by atoms with Crippen molar-refractivity contribution in [2.45, 2.75) is 0 Å². The summed E-state index contributed by atoms with van der Waals surface area (Å²) in [6, 6.07) is 1.47. The summed E-state index contributed by atoms with van der Waals surface area (Å²) in [5.41, 5.74) is 6.59. The molecule has 2 aromatic rings. The summed E-state index contributed by atoms with van der Waals surface area (Å²) < 4.78 is 32.1. The highest BCUT2D eigenvalue weighted by atomic mass is 19.1. The van der Waals surface area contributed by atoms with Crippen LogP contribution in [0.3, 0.4) is 0 Å². The zero-order valence-electron chi connectivity index (χ0n) is 11.1. The highest BCUT2D eigenvalue weighted by Crippen LogP contribution is 2.46. The molecule has 0 saturated carbocycles. The molecule has 2 N–H and O–H groups in total. The third kappa shape index (κ3) is 1.74. The molecule has 1 aromatic carbocycles. The van der Waals surface area contributed by atoms with Crippen LogP contribution in [0.2, 0.25) is 0 Å². The number of anilines is 1. The number of hydrogen-bond donors (Lipinski definition) is 1. The van der Waals surface area contributed by atoms with Crippen LogP contribution in [0.4, 0.5) is 10.2 Å². The van der Waals surface area contributed by atoms with Gasteiger partial charge in [0.15, 0.2) is 23.1 Å². The normalized spacial score (nSPS) is 13.3. The maximum atomic E-state index is 14.6. The molecule has 0 saturated heterocycles. The van der Waals surface area contributed by atoms with E-state index in [9.17, 15) is 4.39 Å². The van der Waals surface area contributed by atoms with Gasteiger partial charge in [0.25, 0.3) is 0 Å². The van der Waals surface area contributed by atoms with Crippen LogP contribution >= 0.6 is 0 Å². The van der Waals surface area contributed by atoms with Crippen molar-refractivity contribution in [2.75, 3.05) is 26.1 Å². The van der Waals surface area contributed by atoms with Gasteiger partial charge in [-0.1, -0.05) is 0 Å². The molecule has 1 aliphatic heterocycles. The Morgan fingerprint density at radius 2 is 2.15 bits per heavy atom. The van der Waals surface area contributed by atoms with Crippen molar-refractivity contribution in [3.8, 4) is 28.4 Å². The van der Waals surface area contributed by atoms with Crippen molar-refractivity contribution >= 4 is 5.82 Å². The van der Waals surface area contributed by atoms with Crippen molar-refractivity contribution in [2.24, 2.45) is 7.05 Å². The maximum absolute atomic E-state index is 14.6. The van der Waals surface area contributed by atoms with Gasteiger partial charge in [-0.15, -0.1) is 0 Å². The standard InChI is InChI=1S/C13H14FN3O3/c1-17-13(15)7(6-16-17)10-11(14)8(18-2)5-9-12(10)20-4-3-19-9/h5-6H,3-4,15H2,1-2H3. The lowest BCUT2D eigenvalue weighted by atomic mass is 10.0. The van der Waals surface area contributed by atoms with Gasteiger partial charge in [-0.3, -0.25) is 4.68 Å². The van der Waals surface area contributed by atoms with Gasteiger partial charge < -0.3 is 19.9 Å². The molecule has 6 nitrogen and oxygen atoms in total. The second-order valence-corrected chi connectivity index (χ2v) is 4.36. The molecule has 0 bridgehead atoms. The number of nitrogens with zero attached hydrogens (tertiary/aromatic N) is 2. The lowest BCUT2D eigenvalue weighted by molar-refractivity contribution is 0.170. The lowest BCUT2D eigenvalue weighted by Crippen LogP contribution is -2.17. The van der Waals surface area contributed by atoms with Crippen molar-refractivity contribution in [3.63, 3.8) is 0 Å². The highest BCUT2D eigenvalue weighted by molar-refractivity contribution is 5.82. The molecule has 0 amide bonds. The van der Waals surface area contributed by atoms with E-state index in [1.54, 1.807) is 7.05 Å². The Balaban J connectivity index is 2.30. The Bertz CT molecular complexity index is 669. The van der Waals surface area contributed by atoms with Gasteiger partial charge in [-0.25, -0.2) is 4.39 Å². The molecule has 7 heteroatoms. The summed E-state index contributed by atoms with van der Waals surface area (Å²) in [6.07, 6.45) is 1.49. The zero-order chi connectivity index (χ0) is 14.3. The largest absolute Gasteiger partial charge is 0.494 e. The third-order valence-corrected chi connectivity index (χ3v) is 3.21. The summed E-state index contributed by atoms with van der Waals surface area (Å²) >= 11 is 0. The first-order valence-corrected chi connectivity index (χ1v) is 6.07. The van der Waals surface area contributed by atoms with Crippen LogP contribution in [-0.2, 0) is 7.05 Å². The minimum Gasteiger partial charge on any atom is -0.494 e. The minimum absolute atomic E-state index is 0.0764. The monoisotopic (exact) mass is 279 g/mol. The summed E-state index contributed by atoms with van der Waals surface area (Å²) in [5.74, 6) is 0.638. The molecular weight excluding hydrogens is 265 g/mol. The van der Waals surface area contributed by atoms with Gasteiger partial charge in [0.05, 0.1) is 24.4 Å². The summed E-state index contributed by atoms with van der Waals surface area (Å²) in [7, 11) is 3.07. The fourth-order valence-electron chi connectivity index (χ4n) is 2.17. The SMILES string of the molecule is COc1cc2c(c(-c3cnn(C)c3N)c1F)OCCO2. The maximum Gasteiger partial charge on any atom is 0.177 e. The number of aryl methyl sites for hydroxylation is 1. The molecule has 20 heavy (non-hydrogen) atoms. The van der Waals surface area contributed by atoms with Gasteiger partial charge >= 0.3 is 0 Å². The number of benzene rings is 1. The predicted octanol–water partition coefficient (Wildman–Crippen LogP) is 1.59. The Hall–Kier alpha value is -2.44. The van der Waals surface area contributed by atoms with E-state index in [0.717, 1.165) is 0 Å². The molecule has 0 fully saturated rings.